The van der Waals surface area contributed by atoms with Gasteiger partial charge in [0.2, 0.25) is 0 Å². The summed E-state index contributed by atoms with van der Waals surface area (Å²) in [7, 11) is 0. The third kappa shape index (κ3) is 2.42. The summed E-state index contributed by atoms with van der Waals surface area (Å²) in [6.45, 7) is 0.536. The molecule has 0 saturated carbocycles. The van der Waals surface area contributed by atoms with Crippen LogP contribution in [0.1, 0.15) is 22.3 Å². The minimum atomic E-state index is -0.643. The fourth-order valence-electron chi connectivity index (χ4n) is 2.62. The second-order valence-corrected chi connectivity index (χ2v) is 4.94. The van der Waals surface area contributed by atoms with Crippen molar-refractivity contribution in [1.29, 1.82) is 0 Å². The van der Waals surface area contributed by atoms with E-state index in [9.17, 15) is 14.1 Å². The van der Waals surface area contributed by atoms with Crippen molar-refractivity contribution in [2.75, 3.05) is 11.4 Å². The lowest BCUT2D eigenvalue weighted by Crippen LogP contribution is -2.35. The molecular weight excluding hydrogens is 271 g/mol. The fraction of sp³-hybridized carbons (Fsp3) is 0.188. The zero-order valence-electron chi connectivity index (χ0n) is 11.3. The Morgan fingerprint density at radius 1 is 1.19 bits per heavy atom. The number of fused-ring (bicyclic) bond motifs is 1. The Hall–Kier alpha value is -2.56. The molecule has 0 aromatic heterocycles. The number of anilines is 1. The van der Waals surface area contributed by atoms with E-state index in [1.165, 1.54) is 12.1 Å². The number of rotatable bonds is 2. The van der Waals surface area contributed by atoms with Crippen molar-refractivity contribution in [3.05, 3.63) is 64.3 Å². The minimum absolute atomic E-state index is 0.0463. The van der Waals surface area contributed by atoms with E-state index in [0.29, 0.717) is 6.54 Å². The highest BCUT2D eigenvalue weighted by Crippen LogP contribution is 2.29. The average molecular weight is 284 g/mol. The molecule has 0 atom stereocenters. The van der Waals surface area contributed by atoms with Crippen LogP contribution in [-0.4, -0.2) is 12.5 Å². The van der Waals surface area contributed by atoms with Crippen molar-refractivity contribution in [3.63, 3.8) is 0 Å². The lowest BCUT2D eigenvalue weighted by Gasteiger charge is -2.29. The van der Waals surface area contributed by atoms with Gasteiger partial charge in [-0.3, -0.25) is 4.79 Å². The normalized spacial score (nSPS) is 13.7. The van der Waals surface area contributed by atoms with Gasteiger partial charge in [-0.1, -0.05) is 18.2 Å². The largest absolute Gasteiger partial charge is 0.308 e. The van der Waals surface area contributed by atoms with Gasteiger partial charge in [0, 0.05) is 12.2 Å². The van der Waals surface area contributed by atoms with Crippen LogP contribution in [0.3, 0.4) is 0 Å². The molecule has 5 heteroatoms. The highest BCUT2D eigenvalue weighted by Gasteiger charge is 2.25. The van der Waals surface area contributed by atoms with Crippen LogP contribution in [0, 0.1) is 10.7 Å². The third-order valence-corrected chi connectivity index (χ3v) is 3.64. The van der Waals surface area contributed by atoms with Crippen LogP contribution >= 0.6 is 0 Å². The topological polar surface area (TPSA) is 49.7 Å². The Kier molecular flexibility index (Phi) is 3.48. The highest BCUT2D eigenvalue weighted by molar-refractivity contribution is 6.07. The smallest absolute Gasteiger partial charge is 0.261 e. The second kappa shape index (κ2) is 5.44. The Labute approximate surface area is 121 Å². The number of hydrogen-bond acceptors (Lipinski definition) is 3. The zero-order chi connectivity index (χ0) is 14.8. The molecule has 2 aromatic carbocycles. The number of benzene rings is 2. The summed E-state index contributed by atoms with van der Waals surface area (Å²) in [5, 5.41) is 2.76. The Morgan fingerprint density at radius 2 is 2.00 bits per heavy atom. The summed E-state index contributed by atoms with van der Waals surface area (Å²) in [6.07, 6.45) is 1.73. The molecule has 0 fully saturated rings. The van der Waals surface area contributed by atoms with Crippen LogP contribution in [0.5, 0.6) is 0 Å². The summed E-state index contributed by atoms with van der Waals surface area (Å²) >= 11 is 0. The lowest BCUT2D eigenvalue weighted by molar-refractivity contribution is 0.0981. The Balaban J connectivity index is 2.02. The van der Waals surface area contributed by atoms with Crippen molar-refractivity contribution in [2.45, 2.75) is 12.8 Å². The number of amides is 1. The lowest BCUT2D eigenvalue weighted by atomic mass is 10.0. The second-order valence-electron chi connectivity index (χ2n) is 4.94. The first-order valence-corrected chi connectivity index (χ1v) is 6.73. The van der Waals surface area contributed by atoms with E-state index < -0.39 is 11.7 Å². The Morgan fingerprint density at radius 3 is 2.81 bits per heavy atom. The van der Waals surface area contributed by atoms with Crippen molar-refractivity contribution in [1.82, 2.24) is 0 Å². The molecule has 1 heterocycles. The van der Waals surface area contributed by atoms with Crippen LogP contribution in [0.2, 0.25) is 0 Å². The fourth-order valence-corrected chi connectivity index (χ4v) is 2.62. The van der Waals surface area contributed by atoms with Crippen LogP contribution < -0.4 is 4.90 Å². The van der Waals surface area contributed by atoms with E-state index in [0.717, 1.165) is 30.2 Å². The predicted octanol–water partition coefficient (Wildman–Crippen LogP) is 3.82. The number of aryl methyl sites for hydroxylation is 1. The molecule has 0 unspecified atom stereocenters. The van der Waals surface area contributed by atoms with Gasteiger partial charge >= 0.3 is 0 Å². The highest BCUT2D eigenvalue weighted by atomic mass is 19.1. The van der Waals surface area contributed by atoms with Gasteiger partial charge in [-0.05, 0) is 47.8 Å². The predicted molar refractivity (Wildman–Crippen MR) is 78.3 cm³/mol. The molecule has 3 rings (SSSR count). The molecule has 21 heavy (non-hydrogen) atoms. The van der Waals surface area contributed by atoms with E-state index in [2.05, 4.69) is 5.18 Å². The van der Waals surface area contributed by atoms with Gasteiger partial charge in [-0.25, -0.2) is 4.39 Å². The van der Waals surface area contributed by atoms with Gasteiger partial charge in [0.1, 0.15) is 11.5 Å². The molecule has 1 aliphatic heterocycles. The van der Waals surface area contributed by atoms with Crippen molar-refractivity contribution >= 4 is 17.3 Å². The molecule has 2 aromatic rings. The van der Waals surface area contributed by atoms with E-state index in [1.54, 1.807) is 4.90 Å². The molecule has 0 radical (unpaired) electrons. The maximum atomic E-state index is 13.9. The summed E-state index contributed by atoms with van der Waals surface area (Å²) in [5.41, 5.74) is 1.80. The average Bonchev–Trinajstić information content (AvgIpc) is 2.54. The molecule has 0 bridgehead atoms. The molecule has 1 amide bonds. The SMILES string of the molecule is O=Nc1ccc(F)c(C(=O)N2CCCc3ccccc32)c1. The number of hydrogen-bond donors (Lipinski definition) is 0. The number of nitrogens with zero attached hydrogens (tertiary/aromatic N) is 2. The zero-order valence-corrected chi connectivity index (χ0v) is 11.3. The van der Waals surface area contributed by atoms with Crippen LogP contribution in [0.25, 0.3) is 0 Å². The molecule has 106 valence electrons. The molecule has 4 nitrogen and oxygen atoms in total. The van der Waals surface area contributed by atoms with E-state index >= 15 is 0 Å². The van der Waals surface area contributed by atoms with Gasteiger partial charge < -0.3 is 4.90 Å². The summed E-state index contributed by atoms with van der Waals surface area (Å²) < 4.78 is 13.9. The number of carbonyl (C=O) groups is 1. The van der Waals surface area contributed by atoms with E-state index in [1.807, 2.05) is 24.3 Å². The number of nitroso groups, excluding NO2 is 1. The van der Waals surface area contributed by atoms with Crippen molar-refractivity contribution < 1.29 is 9.18 Å². The van der Waals surface area contributed by atoms with Gasteiger partial charge in [-0.2, -0.15) is 0 Å². The third-order valence-electron chi connectivity index (χ3n) is 3.64. The van der Waals surface area contributed by atoms with E-state index in [-0.39, 0.29) is 11.3 Å². The van der Waals surface area contributed by atoms with Crippen LogP contribution in [0.15, 0.2) is 47.6 Å². The first-order valence-electron chi connectivity index (χ1n) is 6.73. The number of halogens is 1. The summed E-state index contributed by atoms with van der Waals surface area (Å²) in [4.78, 5) is 24.7. The number of carbonyl (C=O) groups excluding carboxylic acids is 1. The molecule has 0 N–H and O–H groups in total. The number of para-hydroxylation sites is 1. The van der Waals surface area contributed by atoms with Gasteiger partial charge in [0.15, 0.2) is 0 Å². The molecule has 0 aliphatic carbocycles. The first-order chi connectivity index (χ1) is 10.2. The minimum Gasteiger partial charge on any atom is -0.308 e. The molecule has 0 spiro atoms. The van der Waals surface area contributed by atoms with Crippen molar-refractivity contribution in [2.24, 2.45) is 5.18 Å². The molecule has 1 aliphatic rings. The maximum Gasteiger partial charge on any atom is 0.261 e. The van der Waals surface area contributed by atoms with Gasteiger partial charge in [-0.15, -0.1) is 4.91 Å². The summed E-state index contributed by atoms with van der Waals surface area (Å²) in [6, 6.07) is 11.1. The summed E-state index contributed by atoms with van der Waals surface area (Å²) in [5.74, 6) is -1.08. The maximum absolute atomic E-state index is 13.9. The quantitative estimate of drug-likeness (QED) is 0.787. The van der Waals surface area contributed by atoms with E-state index in [4.69, 9.17) is 0 Å². The van der Waals surface area contributed by atoms with Gasteiger partial charge in [0.05, 0.1) is 5.56 Å². The molecular formula is C16H13FN2O2. The van der Waals surface area contributed by atoms with Crippen LogP contribution in [-0.2, 0) is 6.42 Å². The van der Waals surface area contributed by atoms with Crippen molar-refractivity contribution in [3.8, 4) is 0 Å². The monoisotopic (exact) mass is 284 g/mol. The molecule has 0 saturated heterocycles. The standard InChI is InChI=1S/C16H13FN2O2/c17-14-8-7-12(18-21)10-13(14)16(20)19-9-3-5-11-4-1-2-6-15(11)19/h1-2,4,6-8,10H,3,5,9H2. The van der Waals surface area contributed by atoms with Gasteiger partial charge in [0.25, 0.3) is 5.91 Å². The first kappa shape index (κ1) is 13.4. The van der Waals surface area contributed by atoms with Crippen LogP contribution in [0.4, 0.5) is 15.8 Å². The Bertz CT molecular complexity index is 715.